The monoisotopic (exact) mass is 271 g/mol. The SMILES string of the molecule is CCNC(=O)C(O)c1cc(O)c(O)c(O)c1C(=O)O. The Labute approximate surface area is 107 Å². The largest absolute Gasteiger partial charge is 0.504 e. The number of phenolic OH excluding ortho intramolecular Hbond substituents is 2. The lowest BCUT2D eigenvalue weighted by atomic mass is 9.99. The van der Waals surface area contributed by atoms with Crippen molar-refractivity contribution in [2.45, 2.75) is 13.0 Å². The summed E-state index contributed by atoms with van der Waals surface area (Å²) in [6, 6.07) is 0.707. The van der Waals surface area contributed by atoms with Gasteiger partial charge in [0, 0.05) is 12.1 Å². The first-order valence-corrected chi connectivity index (χ1v) is 5.28. The standard InChI is InChI=1S/C11H13NO7/c1-2-12-10(17)7(14)4-3-5(13)8(15)9(16)6(4)11(18)19/h3,7,13-16H,2H2,1H3,(H,12,17)(H,18,19). The van der Waals surface area contributed by atoms with Crippen molar-refractivity contribution < 1.29 is 35.1 Å². The molecule has 8 heteroatoms. The molecule has 19 heavy (non-hydrogen) atoms. The lowest BCUT2D eigenvalue weighted by Gasteiger charge is -2.15. The molecule has 0 heterocycles. The van der Waals surface area contributed by atoms with Crippen LogP contribution in [0.4, 0.5) is 0 Å². The van der Waals surface area contributed by atoms with Gasteiger partial charge in [0.05, 0.1) is 0 Å². The highest BCUT2D eigenvalue weighted by Crippen LogP contribution is 2.41. The van der Waals surface area contributed by atoms with Gasteiger partial charge in [0.25, 0.3) is 5.91 Å². The first-order valence-electron chi connectivity index (χ1n) is 5.28. The van der Waals surface area contributed by atoms with Crippen molar-refractivity contribution in [2.24, 2.45) is 0 Å². The van der Waals surface area contributed by atoms with Crippen LogP contribution >= 0.6 is 0 Å². The Morgan fingerprint density at radius 2 is 1.84 bits per heavy atom. The summed E-state index contributed by atoms with van der Waals surface area (Å²) in [4.78, 5) is 22.4. The topological polar surface area (TPSA) is 147 Å². The van der Waals surface area contributed by atoms with Crippen molar-refractivity contribution in [3.05, 3.63) is 17.2 Å². The lowest BCUT2D eigenvalue weighted by molar-refractivity contribution is -0.129. The molecule has 0 radical (unpaired) electrons. The second-order valence-corrected chi connectivity index (χ2v) is 3.66. The maximum atomic E-state index is 11.4. The molecule has 104 valence electrons. The second kappa shape index (κ2) is 5.44. The third kappa shape index (κ3) is 2.68. The van der Waals surface area contributed by atoms with Crippen LogP contribution in [0.3, 0.4) is 0 Å². The minimum absolute atomic E-state index is 0.203. The number of aromatic hydroxyl groups is 3. The number of rotatable bonds is 4. The first kappa shape index (κ1) is 14.6. The Morgan fingerprint density at radius 1 is 1.26 bits per heavy atom. The van der Waals surface area contributed by atoms with Gasteiger partial charge in [0.15, 0.2) is 17.6 Å². The number of aromatic carboxylic acids is 1. The molecule has 1 atom stereocenters. The molecule has 0 aliphatic rings. The lowest BCUT2D eigenvalue weighted by Crippen LogP contribution is -2.29. The van der Waals surface area contributed by atoms with Gasteiger partial charge in [-0.3, -0.25) is 4.79 Å². The third-order valence-corrected chi connectivity index (χ3v) is 2.39. The highest BCUT2D eigenvalue weighted by atomic mass is 16.4. The minimum atomic E-state index is -1.90. The van der Waals surface area contributed by atoms with E-state index < -0.39 is 46.4 Å². The van der Waals surface area contributed by atoms with Crippen molar-refractivity contribution in [1.29, 1.82) is 0 Å². The summed E-state index contributed by atoms with van der Waals surface area (Å²) in [5, 5.41) is 48.9. The van der Waals surface area contributed by atoms with Crippen molar-refractivity contribution in [3.8, 4) is 17.2 Å². The van der Waals surface area contributed by atoms with E-state index in [1.807, 2.05) is 0 Å². The number of phenols is 3. The summed E-state index contributed by atoms with van der Waals surface area (Å²) in [7, 11) is 0. The number of aliphatic hydroxyl groups excluding tert-OH is 1. The molecule has 0 aliphatic heterocycles. The molecule has 0 aliphatic carbocycles. The van der Waals surface area contributed by atoms with E-state index in [9.17, 15) is 30.0 Å². The molecule has 6 N–H and O–H groups in total. The van der Waals surface area contributed by atoms with E-state index in [0.29, 0.717) is 6.07 Å². The average Bonchev–Trinajstić information content (AvgIpc) is 2.34. The molecule has 1 amide bonds. The van der Waals surface area contributed by atoms with Crippen LogP contribution in [-0.4, -0.2) is 44.0 Å². The summed E-state index contributed by atoms with van der Waals surface area (Å²) >= 11 is 0. The van der Waals surface area contributed by atoms with Crippen LogP contribution in [0.2, 0.25) is 0 Å². The summed E-state index contributed by atoms with van der Waals surface area (Å²) in [5.41, 5.74) is -1.37. The van der Waals surface area contributed by atoms with Crippen LogP contribution in [0.5, 0.6) is 17.2 Å². The van der Waals surface area contributed by atoms with Crippen LogP contribution in [0.25, 0.3) is 0 Å². The van der Waals surface area contributed by atoms with Gasteiger partial charge >= 0.3 is 5.97 Å². The zero-order valence-electron chi connectivity index (χ0n) is 9.91. The highest BCUT2D eigenvalue weighted by molar-refractivity contribution is 5.97. The summed E-state index contributed by atoms with van der Waals surface area (Å²) < 4.78 is 0. The van der Waals surface area contributed by atoms with Crippen molar-refractivity contribution in [2.75, 3.05) is 6.54 Å². The van der Waals surface area contributed by atoms with E-state index in [0.717, 1.165) is 0 Å². The number of carbonyl (C=O) groups is 2. The predicted molar refractivity (Wildman–Crippen MR) is 62.0 cm³/mol. The van der Waals surface area contributed by atoms with Gasteiger partial charge in [0.2, 0.25) is 5.75 Å². The van der Waals surface area contributed by atoms with Gasteiger partial charge < -0.3 is 30.8 Å². The van der Waals surface area contributed by atoms with Gasteiger partial charge in [0.1, 0.15) is 5.56 Å². The second-order valence-electron chi connectivity index (χ2n) is 3.66. The number of carboxylic acid groups (broad SMARTS) is 1. The molecule has 1 aromatic carbocycles. The Balaban J connectivity index is 3.42. The highest BCUT2D eigenvalue weighted by Gasteiger charge is 2.29. The van der Waals surface area contributed by atoms with Crippen molar-refractivity contribution >= 4 is 11.9 Å². The molecule has 0 bridgehead atoms. The van der Waals surface area contributed by atoms with E-state index in [2.05, 4.69) is 5.32 Å². The molecule has 0 aromatic heterocycles. The Bertz CT molecular complexity index is 526. The third-order valence-electron chi connectivity index (χ3n) is 2.39. The minimum Gasteiger partial charge on any atom is -0.504 e. The maximum Gasteiger partial charge on any atom is 0.340 e. The van der Waals surface area contributed by atoms with E-state index in [-0.39, 0.29) is 6.54 Å². The number of carboxylic acids is 1. The van der Waals surface area contributed by atoms with Gasteiger partial charge in [-0.05, 0) is 13.0 Å². The smallest absolute Gasteiger partial charge is 0.340 e. The number of nitrogens with one attached hydrogen (secondary N) is 1. The first-order chi connectivity index (χ1) is 8.81. The average molecular weight is 271 g/mol. The summed E-state index contributed by atoms with van der Waals surface area (Å²) in [5.74, 6) is -5.56. The maximum absolute atomic E-state index is 11.4. The number of carbonyl (C=O) groups excluding carboxylic acids is 1. The number of hydrogen-bond donors (Lipinski definition) is 6. The molecule has 0 saturated carbocycles. The quantitative estimate of drug-likeness (QED) is 0.411. The molecule has 0 spiro atoms. The molecule has 1 unspecified atom stereocenters. The number of hydrogen-bond acceptors (Lipinski definition) is 6. The van der Waals surface area contributed by atoms with Crippen LogP contribution in [0.15, 0.2) is 6.07 Å². The molecule has 8 nitrogen and oxygen atoms in total. The predicted octanol–water partition coefficient (Wildman–Crippen LogP) is -0.329. The number of likely N-dealkylation sites (N-methyl/N-ethyl adjacent to an activating group) is 1. The number of aliphatic hydroxyl groups is 1. The number of amides is 1. The Morgan fingerprint density at radius 3 is 2.32 bits per heavy atom. The van der Waals surface area contributed by atoms with E-state index in [4.69, 9.17) is 5.11 Å². The van der Waals surface area contributed by atoms with Crippen molar-refractivity contribution in [3.63, 3.8) is 0 Å². The molecule has 0 fully saturated rings. The van der Waals surface area contributed by atoms with Crippen LogP contribution in [0.1, 0.15) is 28.9 Å². The van der Waals surface area contributed by atoms with Gasteiger partial charge in [-0.25, -0.2) is 4.79 Å². The van der Waals surface area contributed by atoms with Crippen LogP contribution in [0, 0.1) is 0 Å². The van der Waals surface area contributed by atoms with Gasteiger partial charge in [-0.1, -0.05) is 0 Å². The van der Waals surface area contributed by atoms with E-state index in [1.165, 1.54) is 0 Å². The summed E-state index contributed by atoms with van der Waals surface area (Å²) in [6.45, 7) is 1.79. The molecular formula is C11H13NO7. The normalized spacial score (nSPS) is 11.9. The number of benzene rings is 1. The molecule has 0 saturated heterocycles. The molecular weight excluding hydrogens is 258 g/mol. The molecule has 1 aromatic rings. The van der Waals surface area contributed by atoms with Gasteiger partial charge in [-0.15, -0.1) is 0 Å². The zero-order valence-corrected chi connectivity index (χ0v) is 9.91. The van der Waals surface area contributed by atoms with Crippen LogP contribution in [-0.2, 0) is 4.79 Å². The van der Waals surface area contributed by atoms with Crippen molar-refractivity contribution in [1.82, 2.24) is 5.32 Å². The Hall–Kier alpha value is -2.48. The molecule has 1 rings (SSSR count). The fourth-order valence-corrected chi connectivity index (χ4v) is 1.52. The zero-order chi connectivity index (χ0) is 14.7. The van der Waals surface area contributed by atoms with Crippen LogP contribution < -0.4 is 5.32 Å². The van der Waals surface area contributed by atoms with Gasteiger partial charge in [-0.2, -0.15) is 0 Å². The van der Waals surface area contributed by atoms with E-state index >= 15 is 0 Å². The fraction of sp³-hybridized carbons (Fsp3) is 0.273. The Kier molecular flexibility index (Phi) is 4.18. The van der Waals surface area contributed by atoms with E-state index in [1.54, 1.807) is 6.92 Å². The summed E-state index contributed by atoms with van der Waals surface area (Å²) in [6.07, 6.45) is -1.90. The fourth-order valence-electron chi connectivity index (χ4n) is 1.52.